The average molecular weight is 424 g/mol. The van der Waals surface area contributed by atoms with E-state index in [1.165, 1.54) is 12.8 Å². The second-order valence-electron chi connectivity index (χ2n) is 5.67. The standard InChI is InChI=1S/C16H32N4O.HI/c1-4-14(5-2)13-19-16(17-6-3)18-10-8-12-20-11-7-9-15(20)21;/h14H,4-13H2,1-3H3,(H2,17,18,19);1H. The summed E-state index contributed by atoms with van der Waals surface area (Å²) in [6.07, 6.45) is 5.08. The Morgan fingerprint density at radius 1 is 1.27 bits per heavy atom. The second-order valence-corrected chi connectivity index (χ2v) is 5.67. The molecular formula is C16H33IN4O. The molecule has 0 aliphatic carbocycles. The number of carbonyl (C=O) groups is 1. The number of hydrogen-bond acceptors (Lipinski definition) is 2. The van der Waals surface area contributed by atoms with E-state index in [4.69, 9.17) is 0 Å². The minimum atomic E-state index is 0. The minimum Gasteiger partial charge on any atom is -0.357 e. The Hall–Kier alpha value is -0.530. The molecule has 1 aliphatic heterocycles. The van der Waals surface area contributed by atoms with Gasteiger partial charge in [-0.05, 0) is 25.7 Å². The van der Waals surface area contributed by atoms with Crippen molar-refractivity contribution in [1.82, 2.24) is 15.5 Å². The van der Waals surface area contributed by atoms with Crippen LogP contribution in [0.4, 0.5) is 0 Å². The highest BCUT2D eigenvalue weighted by Gasteiger charge is 2.18. The fourth-order valence-electron chi connectivity index (χ4n) is 2.53. The van der Waals surface area contributed by atoms with Gasteiger partial charge in [0.1, 0.15) is 0 Å². The van der Waals surface area contributed by atoms with Gasteiger partial charge >= 0.3 is 0 Å². The number of aliphatic imine (C=N–C) groups is 1. The first-order chi connectivity index (χ1) is 10.2. The molecule has 0 aromatic carbocycles. The van der Waals surface area contributed by atoms with E-state index >= 15 is 0 Å². The van der Waals surface area contributed by atoms with Crippen molar-refractivity contribution in [3.05, 3.63) is 0 Å². The van der Waals surface area contributed by atoms with Gasteiger partial charge in [0.05, 0.1) is 0 Å². The van der Waals surface area contributed by atoms with Crippen molar-refractivity contribution in [3.63, 3.8) is 0 Å². The minimum absolute atomic E-state index is 0. The van der Waals surface area contributed by atoms with E-state index in [1.807, 2.05) is 4.90 Å². The van der Waals surface area contributed by atoms with E-state index in [2.05, 4.69) is 36.4 Å². The van der Waals surface area contributed by atoms with Crippen molar-refractivity contribution in [2.75, 3.05) is 32.7 Å². The number of halogens is 1. The molecule has 1 rings (SSSR count). The predicted molar refractivity (Wildman–Crippen MR) is 104 cm³/mol. The van der Waals surface area contributed by atoms with Crippen molar-refractivity contribution in [2.45, 2.75) is 52.9 Å². The van der Waals surface area contributed by atoms with Crippen LogP contribution in [0.3, 0.4) is 0 Å². The smallest absolute Gasteiger partial charge is 0.222 e. The third-order valence-electron chi connectivity index (χ3n) is 4.08. The van der Waals surface area contributed by atoms with Crippen LogP contribution in [-0.2, 0) is 4.79 Å². The summed E-state index contributed by atoms with van der Waals surface area (Å²) in [5, 5.41) is 6.65. The molecule has 2 N–H and O–H groups in total. The van der Waals surface area contributed by atoms with Crippen LogP contribution in [0.5, 0.6) is 0 Å². The van der Waals surface area contributed by atoms with Crippen LogP contribution in [0.25, 0.3) is 0 Å². The molecule has 0 spiro atoms. The molecular weight excluding hydrogens is 391 g/mol. The maximum absolute atomic E-state index is 11.5. The van der Waals surface area contributed by atoms with E-state index in [0.29, 0.717) is 11.8 Å². The van der Waals surface area contributed by atoms with Crippen LogP contribution >= 0.6 is 24.0 Å². The monoisotopic (exact) mass is 424 g/mol. The Morgan fingerprint density at radius 2 is 2.00 bits per heavy atom. The van der Waals surface area contributed by atoms with Gasteiger partial charge in [-0.25, -0.2) is 0 Å². The Morgan fingerprint density at radius 3 is 2.55 bits per heavy atom. The molecule has 130 valence electrons. The fourth-order valence-corrected chi connectivity index (χ4v) is 2.53. The molecule has 0 bridgehead atoms. The summed E-state index contributed by atoms with van der Waals surface area (Å²) in [5.41, 5.74) is 0. The topological polar surface area (TPSA) is 56.7 Å². The van der Waals surface area contributed by atoms with Crippen LogP contribution in [-0.4, -0.2) is 49.5 Å². The lowest BCUT2D eigenvalue weighted by atomic mass is 10.0. The fraction of sp³-hybridized carbons (Fsp3) is 0.875. The summed E-state index contributed by atoms with van der Waals surface area (Å²) >= 11 is 0. The molecule has 6 heteroatoms. The number of likely N-dealkylation sites (tertiary alicyclic amines) is 1. The number of hydrogen-bond donors (Lipinski definition) is 2. The first kappa shape index (κ1) is 21.5. The first-order valence-electron chi connectivity index (χ1n) is 8.51. The van der Waals surface area contributed by atoms with Gasteiger partial charge in [-0.1, -0.05) is 26.7 Å². The van der Waals surface area contributed by atoms with Crippen molar-refractivity contribution in [2.24, 2.45) is 10.9 Å². The number of nitrogens with zero attached hydrogens (tertiary/aromatic N) is 2. The molecule has 1 amide bonds. The van der Waals surface area contributed by atoms with E-state index in [1.54, 1.807) is 0 Å². The van der Waals surface area contributed by atoms with Crippen molar-refractivity contribution < 1.29 is 4.79 Å². The van der Waals surface area contributed by atoms with Gasteiger partial charge in [-0.2, -0.15) is 0 Å². The first-order valence-corrected chi connectivity index (χ1v) is 8.51. The van der Waals surface area contributed by atoms with E-state index < -0.39 is 0 Å². The molecule has 1 saturated heterocycles. The van der Waals surface area contributed by atoms with Gasteiger partial charge in [0.25, 0.3) is 0 Å². The molecule has 0 aromatic rings. The van der Waals surface area contributed by atoms with Gasteiger partial charge in [0.2, 0.25) is 5.91 Å². The number of carbonyl (C=O) groups excluding carboxylic acids is 1. The Bertz CT molecular complexity index is 332. The molecule has 0 unspecified atom stereocenters. The zero-order valence-electron chi connectivity index (χ0n) is 14.4. The molecule has 0 aromatic heterocycles. The highest BCUT2D eigenvalue weighted by molar-refractivity contribution is 14.0. The zero-order chi connectivity index (χ0) is 15.5. The van der Waals surface area contributed by atoms with E-state index in [0.717, 1.165) is 57.9 Å². The lowest BCUT2D eigenvalue weighted by Gasteiger charge is -2.17. The largest absolute Gasteiger partial charge is 0.357 e. The maximum atomic E-state index is 11.5. The summed E-state index contributed by atoms with van der Waals surface area (Å²) in [6.45, 7) is 10.9. The molecule has 1 aliphatic rings. The number of amides is 1. The quantitative estimate of drug-likeness (QED) is 0.259. The number of nitrogens with one attached hydrogen (secondary N) is 2. The Kier molecular flexibility index (Phi) is 12.6. The highest BCUT2D eigenvalue weighted by atomic mass is 127. The molecule has 1 fully saturated rings. The van der Waals surface area contributed by atoms with Gasteiger partial charge in [-0.3, -0.25) is 9.79 Å². The van der Waals surface area contributed by atoms with Gasteiger partial charge in [-0.15, -0.1) is 24.0 Å². The maximum Gasteiger partial charge on any atom is 0.222 e. The van der Waals surface area contributed by atoms with E-state index in [-0.39, 0.29) is 24.0 Å². The molecule has 0 radical (unpaired) electrons. The second kappa shape index (κ2) is 13.0. The van der Waals surface area contributed by atoms with Crippen LogP contribution in [0.15, 0.2) is 4.99 Å². The zero-order valence-corrected chi connectivity index (χ0v) is 16.7. The summed E-state index contributed by atoms with van der Waals surface area (Å²) in [5.74, 6) is 1.88. The van der Waals surface area contributed by atoms with Crippen LogP contribution in [0, 0.1) is 5.92 Å². The molecule has 0 saturated carbocycles. The lowest BCUT2D eigenvalue weighted by molar-refractivity contribution is -0.127. The van der Waals surface area contributed by atoms with Gasteiger partial charge in [0.15, 0.2) is 5.96 Å². The summed E-state index contributed by atoms with van der Waals surface area (Å²) in [4.78, 5) is 18.1. The molecule has 22 heavy (non-hydrogen) atoms. The SMILES string of the molecule is CCNC(=NCC(CC)CC)NCCCN1CCCC1=O.I. The van der Waals surface area contributed by atoms with Gasteiger partial charge < -0.3 is 15.5 Å². The predicted octanol–water partition coefficient (Wildman–Crippen LogP) is 2.61. The third kappa shape index (κ3) is 8.19. The van der Waals surface area contributed by atoms with Crippen LogP contribution in [0.1, 0.15) is 52.9 Å². The van der Waals surface area contributed by atoms with E-state index in [9.17, 15) is 4.79 Å². The molecule has 1 heterocycles. The highest BCUT2D eigenvalue weighted by Crippen LogP contribution is 2.09. The number of guanidine groups is 1. The average Bonchev–Trinajstić information content (AvgIpc) is 2.89. The van der Waals surface area contributed by atoms with Crippen LogP contribution < -0.4 is 10.6 Å². The normalized spacial score (nSPS) is 15.2. The molecule has 0 atom stereocenters. The third-order valence-corrected chi connectivity index (χ3v) is 4.08. The van der Waals surface area contributed by atoms with Crippen molar-refractivity contribution in [1.29, 1.82) is 0 Å². The Labute approximate surface area is 152 Å². The summed E-state index contributed by atoms with van der Waals surface area (Å²) in [6, 6.07) is 0. The molecule has 5 nitrogen and oxygen atoms in total. The summed E-state index contributed by atoms with van der Waals surface area (Å²) in [7, 11) is 0. The van der Waals surface area contributed by atoms with Crippen molar-refractivity contribution >= 4 is 35.8 Å². The number of rotatable bonds is 9. The van der Waals surface area contributed by atoms with Crippen molar-refractivity contribution in [3.8, 4) is 0 Å². The van der Waals surface area contributed by atoms with Gasteiger partial charge in [0, 0.05) is 39.1 Å². The van der Waals surface area contributed by atoms with Crippen LogP contribution in [0.2, 0.25) is 0 Å². The Balaban J connectivity index is 0.00000441. The lowest BCUT2D eigenvalue weighted by Crippen LogP contribution is -2.39. The summed E-state index contributed by atoms with van der Waals surface area (Å²) < 4.78 is 0.